The van der Waals surface area contributed by atoms with E-state index in [1.807, 2.05) is 24.4 Å². The zero-order chi connectivity index (χ0) is 14.8. The Morgan fingerprint density at radius 3 is 2.95 bits per heavy atom. The standard InChI is InChI=1S/C17H20N2OS/c1-12-10-14-6-3-4-7-15(14)19(12)11-17(20)18-13(2)16-8-5-9-21-16/h3-9,12-13H,10-11H2,1-2H3,(H,18,20)/t12-,13-/m0/s1. The lowest BCUT2D eigenvalue weighted by Gasteiger charge is -2.25. The number of hydrogen-bond acceptors (Lipinski definition) is 3. The van der Waals surface area contributed by atoms with Gasteiger partial charge >= 0.3 is 0 Å². The van der Waals surface area contributed by atoms with Crippen LogP contribution in [0.5, 0.6) is 0 Å². The number of nitrogens with zero attached hydrogens (tertiary/aromatic N) is 1. The first kappa shape index (κ1) is 14.1. The van der Waals surface area contributed by atoms with Crippen molar-refractivity contribution in [2.75, 3.05) is 11.4 Å². The van der Waals surface area contributed by atoms with Crippen LogP contribution in [0.4, 0.5) is 5.69 Å². The highest BCUT2D eigenvalue weighted by Crippen LogP contribution is 2.31. The number of rotatable bonds is 4. The fourth-order valence-electron chi connectivity index (χ4n) is 2.92. The van der Waals surface area contributed by atoms with Crippen molar-refractivity contribution in [3.05, 3.63) is 52.2 Å². The van der Waals surface area contributed by atoms with Crippen molar-refractivity contribution < 1.29 is 4.79 Å². The minimum Gasteiger partial charge on any atom is -0.359 e. The van der Waals surface area contributed by atoms with Crippen LogP contribution < -0.4 is 10.2 Å². The largest absolute Gasteiger partial charge is 0.359 e. The smallest absolute Gasteiger partial charge is 0.240 e. The van der Waals surface area contributed by atoms with Crippen molar-refractivity contribution in [1.29, 1.82) is 0 Å². The fraction of sp³-hybridized carbons (Fsp3) is 0.353. The maximum atomic E-state index is 12.3. The molecule has 1 aromatic heterocycles. The van der Waals surface area contributed by atoms with Gasteiger partial charge in [-0.1, -0.05) is 24.3 Å². The molecule has 0 spiro atoms. The summed E-state index contributed by atoms with van der Waals surface area (Å²) in [7, 11) is 0. The summed E-state index contributed by atoms with van der Waals surface area (Å²) in [6.45, 7) is 4.63. The third-order valence-corrected chi connectivity index (χ3v) is 5.06. The van der Waals surface area contributed by atoms with Gasteiger partial charge in [0.15, 0.2) is 0 Å². The first-order valence-electron chi connectivity index (χ1n) is 7.32. The van der Waals surface area contributed by atoms with Gasteiger partial charge < -0.3 is 10.2 Å². The van der Waals surface area contributed by atoms with Crippen LogP contribution in [0.1, 0.15) is 30.3 Å². The predicted octanol–water partition coefficient (Wildman–Crippen LogP) is 3.38. The third-order valence-electron chi connectivity index (χ3n) is 4.01. The molecule has 3 nitrogen and oxygen atoms in total. The van der Waals surface area contributed by atoms with E-state index < -0.39 is 0 Å². The van der Waals surface area contributed by atoms with Crippen molar-refractivity contribution in [2.45, 2.75) is 32.4 Å². The molecule has 1 aliphatic heterocycles. The lowest BCUT2D eigenvalue weighted by atomic mass is 10.1. The van der Waals surface area contributed by atoms with E-state index in [2.05, 4.69) is 41.4 Å². The fourth-order valence-corrected chi connectivity index (χ4v) is 3.66. The highest BCUT2D eigenvalue weighted by molar-refractivity contribution is 7.10. The molecule has 2 atom stereocenters. The van der Waals surface area contributed by atoms with Crippen molar-refractivity contribution in [3.8, 4) is 0 Å². The van der Waals surface area contributed by atoms with E-state index in [1.54, 1.807) is 11.3 Å². The number of carbonyl (C=O) groups is 1. The summed E-state index contributed by atoms with van der Waals surface area (Å²) < 4.78 is 0. The lowest BCUT2D eigenvalue weighted by molar-refractivity contribution is -0.120. The van der Waals surface area contributed by atoms with Gasteiger partial charge in [0.25, 0.3) is 0 Å². The molecule has 1 amide bonds. The van der Waals surface area contributed by atoms with E-state index in [9.17, 15) is 4.79 Å². The number of anilines is 1. The molecular formula is C17H20N2OS. The van der Waals surface area contributed by atoms with Gasteiger partial charge in [-0.3, -0.25) is 4.79 Å². The quantitative estimate of drug-likeness (QED) is 0.939. The average Bonchev–Trinajstić information content (AvgIpc) is 3.08. The van der Waals surface area contributed by atoms with Gasteiger partial charge in [0.05, 0.1) is 12.6 Å². The van der Waals surface area contributed by atoms with Crippen LogP contribution in [-0.2, 0) is 11.2 Å². The molecule has 21 heavy (non-hydrogen) atoms. The van der Waals surface area contributed by atoms with Crippen LogP contribution in [0.25, 0.3) is 0 Å². The molecule has 1 aromatic carbocycles. The molecule has 4 heteroatoms. The highest BCUT2D eigenvalue weighted by Gasteiger charge is 2.27. The van der Waals surface area contributed by atoms with Crippen LogP contribution in [0, 0.1) is 0 Å². The molecule has 0 saturated heterocycles. The van der Waals surface area contributed by atoms with Crippen LogP contribution in [0.15, 0.2) is 41.8 Å². The minimum atomic E-state index is 0.0747. The van der Waals surface area contributed by atoms with E-state index in [-0.39, 0.29) is 11.9 Å². The maximum absolute atomic E-state index is 12.3. The number of hydrogen-bond donors (Lipinski definition) is 1. The van der Waals surface area contributed by atoms with Gasteiger partial charge in [-0.05, 0) is 43.3 Å². The molecule has 3 rings (SSSR count). The van der Waals surface area contributed by atoms with Crippen LogP contribution in [0.2, 0.25) is 0 Å². The molecular weight excluding hydrogens is 280 g/mol. The van der Waals surface area contributed by atoms with E-state index in [4.69, 9.17) is 0 Å². The van der Waals surface area contributed by atoms with Crippen LogP contribution >= 0.6 is 11.3 Å². The summed E-state index contributed by atoms with van der Waals surface area (Å²) in [6.07, 6.45) is 1.02. The first-order valence-corrected chi connectivity index (χ1v) is 8.20. The Hall–Kier alpha value is -1.81. The van der Waals surface area contributed by atoms with Crippen LogP contribution in [0.3, 0.4) is 0 Å². The zero-order valence-corrected chi connectivity index (χ0v) is 13.2. The Kier molecular flexibility index (Phi) is 3.97. The second kappa shape index (κ2) is 5.90. The second-order valence-electron chi connectivity index (χ2n) is 5.61. The summed E-state index contributed by atoms with van der Waals surface area (Å²) in [4.78, 5) is 15.7. The van der Waals surface area contributed by atoms with E-state index >= 15 is 0 Å². The summed E-state index contributed by atoms with van der Waals surface area (Å²) in [5.74, 6) is 0.0828. The Balaban J connectivity index is 1.65. The predicted molar refractivity (Wildman–Crippen MR) is 87.8 cm³/mol. The molecule has 0 saturated carbocycles. The Labute approximate surface area is 129 Å². The number of carbonyl (C=O) groups excluding carboxylic acids is 1. The normalized spacial score (nSPS) is 18.4. The number of fused-ring (bicyclic) bond motifs is 1. The molecule has 110 valence electrons. The van der Waals surface area contributed by atoms with Gasteiger partial charge in [0, 0.05) is 16.6 Å². The number of benzene rings is 1. The van der Waals surface area contributed by atoms with Crippen molar-refractivity contribution >= 4 is 22.9 Å². The highest BCUT2D eigenvalue weighted by atomic mass is 32.1. The van der Waals surface area contributed by atoms with E-state index in [0.29, 0.717) is 12.6 Å². The Bertz CT molecular complexity index is 623. The monoisotopic (exact) mass is 300 g/mol. The van der Waals surface area contributed by atoms with Crippen molar-refractivity contribution in [1.82, 2.24) is 5.32 Å². The molecule has 0 bridgehead atoms. The van der Waals surface area contributed by atoms with Crippen molar-refractivity contribution in [3.63, 3.8) is 0 Å². The second-order valence-corrected chi connectivity index (χ2v) is 6.59. The van der Waals surface area contributed by atoms with E-state index in [1.165, 1.54) is 16.1 Å². The van der Waals surface area contributed by atoms with Crippen molar-refractivity contribution in [2.24, 2.45) is 0 Å². The molecule has 2 aromatic rings. The first-order chi connectivity index (χ1) is 10.1. The van der Waals surface area contributed by atoms with E-state index in [0.717, 1.165) is 6.42 Å². The Morgan fingerprint density at radius 1 is 1.38 bits per heavy atom. The topological polar surface area (TPSA) is 32.3 Å². The van der Waals surface area contributed by atoms with Gasteiger partial charge in [-0.2, -0.15) is 0 Å². The molecule has 1 N–H and O–H groups in total. The van der Waals surface area contributed by atoms with Crippen LogP contribution in [-0.4, -0.2) is 18.5 Å². The molecule has 0 aliphatic carbocycles. The molecule has 1 aliphatic rings. The zero-order valence-electron chi connectivity index (χ0n) is 12.4. The molecule has 0 fully saturated rings. The maximum Gasteiger partial charge on any atom is 0.240 e. The number of para-hydroxylation sites is 1. The van der Waals surface area contributed by atoms with Gasteiger partial charge in [0.1, 0.15) is 0 Å². The number of thiophene rings is 1. The Morgan fingerprint density at radius 2 is 2.19 bits per heavy atom. The lowest BCUT2D eigenvalue weighted by Crippen LogP contribution is -2.40. The molecule has 0 unspecified atom stereocenters. The molecule has 0 radical (unpaired) electrons. The summed E-state index contributed by atoms with van der Waals surface area (Å²) in [5, 5.41) is 5.13. The SMILES string of the molecule is C[C@H](NC(=O)CN1c2ccccc2C[C@@H]1C)c1cccs1. The minimum absolute atomic E-state index is 0.0747. The summed E-state index contributed by atoms with van der Waals surface area (Å²) in [5.41, 5.74) is 2.54. The average molecular weight is 300 g/mol. The van der Waals surface area contributed by atoms with Gasteiger partial charge in [0.2, 0.25) is 5.91 Å². The summed E-state index contributed by atoms with van der Waals surface area (Å²) in [6, 6.07) is 12.9. The summed E-state index contributed by atoms with van der Waals surface area (Å²) >= 11 is 1.68. The number of amides is 1. The van der Waals surface area contributed by atoms with Gasteiger partial charge in [-0.15, -0.1) is 11.3 Å². The molecule has 2 heterocycles. The number of nitrogens with one attached hydrogen (secondary N) is 1. The third kappa shape index (κ3) is 2.95. The van der Waals surface area contributed by atoms with Gasteiger partial charge in [-0.25, -0.2) is 0 Å².